The van der Waals surface area contributed by atoms with E-state index in [1.54, 1.807) is 0 Å². The smallest absolute Gasteiger partial charge is 0.247 e. The number of nitrogens with one attached hydrogen (secondary N) is 1. The molecule has 0 aliphatic heterocycles. The highest BCUT2D eigenvalue weighted by Gasteiger charge is 2.32. The van der Waals surface area contributed by atoms with E-state index in [0.717, 1.165) is 43.1 Å². The highest BCUT2D eigenvalue weighted by molar-refractivity contribution is 5.58. The maximum atomic E-state index is 6.08. The maximum Gasteiger partial charge on any atom is 0.247 e. The summed E-state index contributed by atoms with van der Waals surface area (Å²) < 4.78 is 6.08. The van der Waals surface area contributed by atoms with Crippen molar-refractivity contribution >= 4 is 5.69 Å². The topological polar surface area (TPSA) is 67.1 Å². The Balaban J connectivity index is 1.40. The third-order valence-electron chi connectivity index (χ3n) is 7.03. The van der Waals surface area contributed by atoms with Gasteiger partial charge in [-0.3, -0.25) is 4.98 Å². The van der Waals surface area contributed by atoms with Crippen LogP contribution in [0.4, 0.5) is 5.69 Å². The van der Waals surface area contributed by atoms with Gasteiger partial charge in [-0.1, -0.05) is 31.6 Å². The second-order valence-corrected chi connectivity index (χ2v) is 10.1. The van der Waals surface area contributed by atoms with E-state index in [4.69, 9.17) is 4.42 Å². The predicted molar refractivity (Wildman–Crippen MR) is 137 cm³/mol. The molecule has 0 saturated carbocycles. The van der Waals surface area contributed by atoms with Crippen molar-refractivity contribution in [1.29, 1.82) is 0 Å². The van der Waals surface area contributed by atoms with Crippen LogP contribution < -0.4 is 10.2 Å². The Kier molecular flexibility index (Phi) is 7.78. The van der Waals surface area contributed by atoms with Gasteiger partial charge in [-0.05, 0) is 72.9 Å². The summed E-state index contributed by atoms with van der Waals surface area (Å²) in [5, 5.41) is 12.3. The molecule has 180 valence electrons. The first-order valence-electron chi connectivity index (χ1n) is 12.3. The fraction of sp³-hybridized carbons (Fsp3) is 0.464. The highest BCUT2D eigenvalue weighted by Crippen LogP contribution is 2.39. The number of hydrogen-bond donors (Lipinski definition) is 1. The zero-order chi connectivity index (χ0) is 24.1. The Morgan fingerprint density at radius 2 is 1.91 bits per heavy atom. The molecule has 1 aromatic carbocycles. The van der Waals surface area contributed by atoms with E-state index in [0.29, 0.717) is 29.6 Å². The normalized spacial score (nSPS) is 20.4. The molecule has 34 heavy (non-hydrogen) atoms. The number of allylic oxidation sites excluding steroid dienone is 1. The molecular formula is C28H37N5O. The number of nitrogens with zero attached hydrogens (tertiary/aromatic N) is 4. The molecule has 1 N–H and O–H groups in total. The molecule has 3 atom stereocenters. The second-order valence-electron chi connectivity index (χ2n) is 10.1. The minimum Gasteiger partial charge on any atom is -0.421 e. The molecule has 0 fully saturated rings. The predicted octanol–water partition coefficient (Wildman–Crippen LogP) is 5.38. The first-order chi connectivity index (χ1) is 16.4. The van der Waals surface area contributed by atoms with Gasteiger partial charge in [0.15, 0.2) is 0 Å². The summed E-state index contributed by atoms with van der Waals surface area (Å²) in [4.78, 5) is 6.29. The van der Waals surface area contributed by atoms with Crippen molar-refractivity contribution < 1.29 is 4.42 Å². The van der Waals surface area contributed by atoms with Crippen LogP contribution in [0.1, 0.15) is 38.6 Å². The molecule has 0 bridgehead atoms. The van der Waals surface area contributed by atoms with Crippen LogP contribution >= 0.6 is 0 Å². The van der Waals surface area contributed by atoms with Crippen LogP contribution in [0.15, 0.2) is 64.9 Å². The highest BCUT2D eigenvalue weighted by atomic mass is 16.4. The van der Waals surface area contributed by atoms with Crippen molar-refractivity contribution in [3.8, 4) is 11.5 Å². The monoisotopic (exact) mass is 459 g/mol. The van der Waals surface area contributed by atoms with E-state index in [-0.39, 0.29) is 0 Å². The van der Waals surface area contributed by atoms with Gasteiger partial charge < -0.3 is 14.6 Å². The third-order valence-corrected chi connectivity index (χ3v) is 7.03. The summed E-state index contributed by atoms with van der Waals surface area (Å²) >= 11 is 0. The van der Waals surface area contributed by atoms with Crippen molar-refractivity contribution in [2.45, 2.75) is 40.2 Å². The molecule has 2 heterocycles. The van der Waals surface area contributed by atoms with Gasteiger partial charge in [0.2, 0.25) is 11.8 Å². The van der Waals surface area contributed by atoms with Crippen LogP contribution in [-0.4, -0.2) is 35.8 Å². The van der Waals surface area contributed by atoms with Crippen molar-refractivity contribution in [2.75, 3.05) is 25.5 Å². The van der Waals surface area contributed by atoms with Crippen molar-refractivity contribution in [1.82, 2.24) is 20.5 Å². The summed E-state index contributed by atoms with van der Waals surface area (Å²) in [5.74, 6) is 3.52. The van der Waals surface area contributed by atoms with Gasteiger partial charge in [0.25, 0.3) is 0 Å². The Bertz CT molecular complexity index is 1070. The molecule has 0 spiro atoms. The Labute approximate surface area is 203 Å². The number of pyridine rings is 1. The maximum absolute atomic E-state index is 6.08. The minimum atomic E-state index is 0.436. The van der Waals surface area contributed by atoms with Crippen molar-refractivity contribution in [3.63, 3.8) is 0 Å². The lowest BCUT2D eigenvalue weighted by atomic mass is 9.70. The summed E-state index contributed by atoms with van der Waals surface area (Å²) in [6.45, 7) is 8.77. The minimum absolute atomic E-state index is 0.436. The average molecular weight is 460 g/mol. The van der Waals surface area contributed by atoms with Gasteiger partial charge in [0.1, 0.15) is 0 Å². The Morgan fingerprint density at radius 3 is 2.59 bits per heavy atom. The number of hydrogen-bond acceptors (Lipinski definition) is 6. The molecule has 0 amide bonds. The molecule has 0 unspecified atom stereocenters. The van der Waals surface area contributed by atoms with Gasteiger partial charge >= 0.3 is 0 Å². The van der Waals surface area contributed by atoms with E-state index in [1.807, 2.05) is 44.7 Å². The lowest BCUT2D eigenvalue weighted by Crippen LogP contribution is -2.34. The molecule has 1 aliphatic rings. The molecular weight excluding hydrogens is 422 g/mol. The summed E-state index contributed by atoms with van der Waals surface area (Å²) in [6, 6.07) is 12.3. The van der Waals surface area contributed by atoms with Gasteiger partial charge in [-0.2, -0.15) is 0 Å². The van der Waals surface area contributed by atoms with Gasteiger partial charge in [-0.15, -0.1) is 10.2 Å². The van der Waals surface area contributed by atoms with E-state index in [1.165, 1.54) is 11.1 Å². The third kappa shape index (κ3) is 5.92. The zero-order valence-electron chi connectivity index (χ0n) is 21.0. The van der Waals surface area contributed by atoms with Crippen LogP contribution in [0.5, 0.6) is 0 Å². The molecule has 3 aromatic rings. The molecule has 0 radical (unpaired) electrons. The molecule has 0 saturated heterocycles. The standard InChI is InChI=1S/C28H37N5O/c1-19(2)26-14-23(20(3)13-24(26)18-30-17-21-7-6-12-29-16-21)15-27-31-32-28(34-27)22-8-10-25(11-9-22)33(4)5/h6-13,16,19,23-24,26,30H,14-15,17-18H2,1-5H3/t23-,24-,26-/m0/s1. The SMILES string of the molecule is CC1=C[C@@H](CNCc2cccnc2)[C@H](C(C)C)C[C@H]1Cc1nnc(-c2ccc(N(C)C)cc2)o1. The van der Waals surface area contributed by atoms with Gasteiger partial charge in [-0.25, -0.2) is 0 Å². The van der Waals surface area contributed by atoms with E-state index < -0.39 is 0 Å². The largest absolute Gasteiger partial charge is 0.421 e. The van der Waals surface area contributed by atoms with Gasteiger partial charge in [0, 0.05) is 57.3 Å². The molecule has 4 rings (SSSR count). The second kappa shape index (κ2) is 11.0. The first kappa shape index (κ1) is 24.1. The number of aromatic nitrogens is 3. The van der Waals surface area contributed by atoms with Gasteiger partial charge in [0.05, 0.1) is 0 Å². The summed E-state index contributed by atoms with van der Waals surface area (Å²) in [6.07, 6.45) is 8.17. The Morgan fingerprint density at radius 1 is 1.12 bits per heavy atom. The number of benzene rings is 1. The summed E-state index contributed by atoms with van der Waals surface area (Å²) in [7, 11) is 4.07. The first-order valence-corrected chi connectivity index (χ1v) is 12.3. The van der Waals surface area contributed by atoms with Crippen LogP contribution in [0.2, 0.25) is 0 Å². The zero-order valence-corrected chi connectivity index (χ0v) is 21.0. The average Bonchev–Trinajstić information content (AvgIpc) is 3.30. The molecule has 6 heteroatoms. The molecule has 2 aromatic heterocycles. The van der Waals surface area contributed by atoms with E-state index in [9.17, 15) is 0 Å². The van der Waals surface area contributed by atoms with Crippen molar-refractivity contribution in [2.24, 2.45) is 23.7 Å². The molecule has 6 nitrogen and oxygen atoms in total. The number of rotatable bonds is 9. The summed E-state index contributed by atoms with van der Waals surface area (Å²) in [5.41, 5.74) is 4.76. The quantitative estimate of drug-likeness (QED) is 0.433. The lowest BCUT2D eigenvalue weighted by molar-refractivity contribution is 0.218. The Hall–Kier alpha value is -2.99. The van der Waals surface area contributed by atoms with Crippen LogP contribution in [0, 0.1) is 23.7 Å². The molecule has 1 aliphatic carbocycles. The van der Waals surface area contributed by atoms with Crippen LogP contribution in [0.3, 0.4) is 0 Å². The fourth-order valence-electron chi connectivity index (χ4n) is 4.96. The van der Waals surface area contributed by atoms with E-state index in [2.05, 4.69) is 70.4 Å². The van der Waals surface area contributed by atoms with Crippen LogP contribution in [0.25, 0.3) is 11.5 Å². The number of anilines is 1. The van der Waals surface area contributed by atoms with E-state index >= 15 is 0 Å². The fourth-order valence-corrected chi connectivity index (χ4v) is 4.96. The van der Waals surface area contributed by atoms with Crippen LogP contribution in [-0.2, 0) is 13.0 Å². The lowest BCUT2D eigenvalue weighted by Gasteiger charge is -2.37. The van der Waals surface area contributed by atoms with Crippen molar-refractivity contribution in [3.05, 3.63) is 71.9 Å².